The smallest absolute Gasteiger partial charge is 0.306 e. The van der Waals surface area contributed by atoms with Crippen molar-refractivity contribution in [1.29, 1.82) is 0 Å². The van der Waals surface area contributed by atoms with E-state index in [0.29, 0.717) is 19.3 Å². The predicted octanol–water partition coefficient (Wildman–Crippen LogP) is 8.24. The number of ether oxygens (including phenoxy) is 3. The summed E-state index contributed by atoms with van der Waals surface area (Å²) in [5, 5.41) is 0. The van der Waals surface area contributed by atoms with Gasteiger partial charge in [0.2, 0.25) is 0 Å². The number of carbonyl (C=O) groups excluding carboxylic acids is 3. The van der Waals surface area contributed by atoms with Crippen molar-refractivity contribution >= 4 is 17.9 Å². The van der Waals surface area contributed by atoms with Gasteiger partial charge in [-0.05, 0) is 19.3 Å². The van der Waals surface area contributed by atoms with E-state index >= 15 is 0 Å². The largest absolute Gasteiger partial charge is 0.462 e. The van der Waals surface area contributed by atoms with Crippen LogP contribution < -0.4 is 0 Å². The molecule has 0 bridgehead atoms. The van der Waals surface area contributed by atoms with Crippen molar-refractivity contribution in [3.63, 3.8) is 0 Å². The lowest BCUT2D eigenvalue weighted by Gasteiger charge is -2.18. The molecule has 1 unspecified atom stereocenters. The Hall–Kier alpha value is -1.59. The molecule has 212 valence electrons. The van der Waals surface area contributed by atoms with E-state index in [1.807, 2.05) is 0 Å². The van der Waals surface area contributed by atoms with Gasteiger partial charge in [-0.15, -0.1) is 0 Å². The quantitative estimate of drug-likeness (QED) is 0.0659. The SMILES string of the molecule is CCCCCCCCCC(=O)OCC(COC(=O)CCCCCCC)OC(=O)CCCCCCCC. The molecule has 0 saturated heterocycles. The van der Waals surface area contributed by atoms with E-state index in [0.717, 1.165) is 64.2 Å². The van der Waals surface area contributed by atoms with Gasteiger partial charge in [0.1, 0.15) is 13.2 Å². The summed E-state index contributed by atoms with van der Waals surface area (Å²) >= 11 is 0. The van der Waals surface area contributed by atoms with E-state index in [1.54, 1.807) is 0 Å². The van der Waals surface area contributed by atoms with E-state index in [1.165, 1.54) is 51.4 Å². The lowest BCUT2D eigenvalue weighted by atomic mass is 10.1. The molecule has 0 fully saturated rings. The molecule has 6 nitrogen and oxygen atoms in total. The maximum absolute atomic E-state index is 12.3. The minimum atomic E-state index is -0.750. The van der Waals surface area contributed by atoms with Gasteiger partial charge in [-0.25, -0.2) is 0 Å². The van der Waals surface area contributed by atoms with Gasteiger partial charge in [-0.2, -0.15) is 0 Å². The Morgan fingerprint density at radius 1 is 0.444 bits per heavy atom. The molecule has 36 heavy (non-hydrogen) atoms. The van der Waals surface area contributed by atoms with Crippen molar-refractivity contribution in [1.82, 2.24) is 0 Å². The molecule has 0 aliphatic carbocycles. The summed E-state index contributed by atoms with van der Waals surface area (Å²) in [6, 6.07) is 0. The Bertz CT molecular complexity index is 534. The van der Waals surface area contributed by atoms with Crippen LogP contribution in [0.3, 0.4) is 0 Å². The summed E-state index contributed by atoms with van der Waals surface area (Å²) in [7, 11) is 0. The molecule has 0 radical (unpaired) electrons. The second kappa shape index (κ2) is 26.5. The van der Waals surface area contributed by atoms with Crippen LogP contribution in [0.15, 0.2) is 0 Å². The summed E-state index contributed by atoms with van der Waals surface area (Å²) in [6.45, 7) is 6.40. The van der Waals surface area contributed by atoms with Crippen molar-refractivity contribution in [3.05, 3.63) is 0 Å². The Morgan fingerprint density at radius 3 is 1.11 bits per heavy atom. The van der Waals surface area contributed by atoms with Crippen LogP contribution in [0.4, 0.5) is 0 Å². The lowest BCUT2D eigenvalue weighted by Crippen LogP contribution is -2.30. The Labute approximate surface area is 221 Å². The second-order valence-electron chi connectivity index (χ2n) is 10.0. The highest BCUT2D eigenvalue weighted by Crippen LogP contribution is 2.11. The van der Waals surface area contributed by atoms with Gasteiger partial charge in [0.25, 0.3) is 0 Å². The maximum Gasteiger partial charge on any atom is 0.306 e. The highest BCUT2D eigenvalue weighted by atomic mass is 16.6. The van der Waals surface area contributed by atoms with Gasteiger partial charge in [0.05, 0.1) is 0 Å². The average molecular weight is 513 g/mol. The lowest BCUT2D eigenvalue weighted by molar-refractivity contribution is -0.167. The number of rotatable bonds is 26. The van der Waals surface area contributed by atoms with E-state index in [-0.39, 0.29) is 31.1 Å². The summed E-state index contributed by atoms with van der Waals surface area (Å²) in [5.41, 5.74) is 0. The second-order valence-corrected chi connectivity index (χ2v) is 10.0. The molecule has 0 heterocycles. The van der Waals surface area contributed by atoms with Crippen LogP contribution in [0.1, 0.15) is 156 Å². The fourth-order valence-electron chi connectivity index (χ4n) is 4.03. The van der Waals surface area contributed by atoms with Crippen molar-refractivity contribution in [2.24, 2.45) is 0 Å². The predicted molar refractivity (Wildman–Crippen MR) is 146 cm³/mol. The van der Waals surface area contributed by atoms with Gasteiger partial charge in [-0.1, -0.05) is 117 Å². The van der Waals surface area contributed by atoms with Crippen molar-refractivity contribution in [3.8, 4) is 0 Å². The molecule has 0 saturated carbocycles. The molecule has 0 aromatic heterocycles. The van der Waals surface area contributed by atoms with E-state index in [4.69, 9.17) is 14.2 Å². The van der Waals surface area contributed by atoms with Crippen molar-refractivity contribution in [2.45, 2.75) is 162 Å². The molecule has 1 atom stereocenters. The van der Waals surface area contributed by atoms with Gasteiger partial charge in [0, 0.05) is 19.3 Å². The molecule has 0 N–H and O–H groups in total. The summed E-state index contributed by atoms with van der Waals surface area (Å²) in [6.07, 6.45) is 20.0. The third-order valence-corrected chi connectivity index (χ3v) is 6.36. The first-order valence-electron chi connectivity index (χ1n) is 15.0. The highest BCUT2D eigenvalue weighted by Gasteiger charge is 2.19. The molecule has 0 rings (SSSR count). The Balaban J connectivity index is 4.35. The number of unbranched alkanes of at least 4 members (excludes halogenated alkanes) is 15. The fourth-order valence-corrected chi connectivity index (χ4v) is 4.03. The summed E-state index contributed by atoms with van der Waals surface area (Å²) in [4.78, 5) is 36.6. The maximum atomic E-state index is 12.3. The molecular weight excluding hydrogens is 456 g/mol. The zero-order chi connectivity index (χ0) is 26.7. The molecule has 6 heteroatoms. The van der Waals surface area contributed by atoms with Gasteiger partial charge < -0.3 is 14.2 Å². The van der Waals surface area contributed by atoms with Crippen LogP contribution in [-0.4, -0.2) is 37.2 Å². The van der Waals surface area contributed by atoms with Crippen LogP contribution in [0, 0.1) is 0 Å². The average Bonchev–Trinajstić information content (AvgIpc) is 2.87. The molecule has 0 amide bonds. The Morgan fingerprint density at radius 2 is 0.750 bits per heavy atom. The summed E-state index contributed by atoms with van der Waals surface area (Å²) in [5.74, 6) is -0.908. The molecule has 0 aliphatic heterocycles. The van der Waals surface area contributed by atoms with Crippen LogP contribution in [0.2, 0.25) is 0 Å². The Kier molecular flexibility index (Phi) is 25.3. The van der Waals surface area contributed by atoms with Crippen LogP contribution in [-0.2, 0) is 28.6 Å². The van der Waals surface area contributed by atoms with E-state index < -0.39 is 6.10 Å². The molecule has 0 aromatic rings. The van der Waals surface area contributed by atoms with Crippen molar-refractivity contribution in [2.75, 3.05) is 13.2 Å². The normalized spacial score (nSPS) is 11.8. The minimum Gasteiger partial charge on any atom is -0.462 e. The summed E-state index contributed by atoms with van der Waals surface area (Å²) < 4.78 is 16.2. The molecule has 0 spiro atoms. The molecule has 0 aliphatic rings. The number of carbonyl (C=O) groups is 3. The topological polar surface area (TPSA) is 78.9 Å². The van der Waals surface area contributed by atoms with E-state index in [9.17, 15) is 14.4 Å². The van der Waals surface area contributed by atoms with Crippen LogP contribution in [0.5, 0.6) is 0 Å². The zero-order valence-corrected chi connectivity index (χ0v) is 23.8. The van der Waals surface area contributed by atoms with Crippen LogP contribution in [0.25, 0.3) is 0 Å². The monoisotopic (exact) mass is 512 g/mol. The van der Waals surface area contributed by atoms with Gasteiger partial charge in [0.15, 0.2) is 6.10 Å². The number of esters is 3. The third-order valence-electron chi connectivity index (χ3n) is 6.36. The zero-order valence-electron chi connectivity index (χ0n) is 23.8. The first-order chi connectivity index (χ1) is 17.5. The standard InChI is InChI=1S/C30H56O6/c1-4-7-10-13-15-18-20-23-29(32)35-26-27(25-34-28(31)22-19-16-12-9-6-3)36-30(33)24-21-17-14-11-8-5-2/h27H,4-26H2,1-3H3. The van der Waals surface area contributed by atoms with Crippen molar-refractivity contribution < 1.29 is 28.6 Å². The van der Waals surface area contributed by atoms with E-state index in [2.05, 4.69) is 20.8 Å². The number of hydrogen-bond acceptors (Lipinski definition) is 6. The molecular formula is C30H56O6. The van der Waals surface area contributed by atoms with Crippen LogP contribution >= 0.6 is 0 Å². The first-order valence-corrected chi connectivity index (χ1v) is 15.0. The fraction of sp³-hybridized carbons (Fsp3) is 0.900. The molecule has 0 aromatic carbocycles. The minimum absolute atomic E-state index is 0.0681. The number of hydrogen-bond donors (Lipinski definition) is 0. The van der Waals surface area contributed by atoms with Gasteiger partial charge >= 0.3 is 17.9 Å². The third kappa shape index (κ3) is 24.1. The first kappa shape index (κ1) is 34.4. The highest BCUT2D eigenvalue weighted by molar-refractivity contribution is 5.71. The van der Waals surface area contributed by atoms with Gasteiger partial charge in [-0.3, -0.25) is 14.4 Å².